The van der Waals surface area contributed by atoms with Crippen LogP contribution in [0.4, 0.5) is 4.79 Å². The summed E-state index contributed by atoms with van der Waals surface area (Å²) >= 11 is 0. The first-order chi connectivity index (χ1) is 7.49. The molecule has 0 atom stereocenters. The van der Waals surface area contributed by atoms with Crippen molar-refractivity contribution in [1.82, 2.24) is 9.03 Å². The van der Waals surface area contributed by atoms with Crippen molar-refractivity contribution in [2.75, 3.05) is 0 Å². The highest BCUT2D eigenvalue weighted by atomic mass is 32.2. The van der Waals surface area contributed by atoms with Crippen molar-refractivity contribution in [3.63, 3.8) is 0 Å². The molecule has 1 heterocycles. The minimum atomic E-state index is -3.94. The van der Waals surface area contributed by atoms with Crippen LogP contribution in [-0.2, 0) is 23.3 Å². The van der Waals surface area contributed by atoms with Gasteiger partial charge in [-0.3, -0.25) is 0 Å². The number of benzene rings is 1. The SMILES string of the molecule is O=C(O)NS(=O)(=O)N1Cc2ccccc2C1. The molecule has 0 saturated carbocycles. The maximum Gasteiger partial charge on any atom is 0.419 e. The van der Waals surface area contributed by atoms with E-state index >= 15 is 0 Å². The summed E-state index contributed by atoms with van der Waals surface area (Å²) in [5.74, 6) is 0. The quantitative estimate of drug-likeness (QED) is 0.791. The van der Waals surface area contributed by atoms with Gasteiger partial charge in [-0.15, -0.1) is 0 Å². The van der Waals surface area contributed by atoms with E-state index in [1.165, 1.54) is 4.72 Å². The Balaban J connectivity index is 2.21. The molecule has 1 aromatic rings. The van der Waals surface area contributed by atoms with E-state index < -0.39 is 16.3 Å². The molecule has 1 amide bonds. The lowest BCUT2D eigenvalue weighted by molar-refractivity contribution is 0.200. The van der Waals surface area contributed by atoms with Crippen molar-refractivity contribution >= 4 is 16.3 Å². The number of amides is 1. The fourth-order valence-corrected chi connectivity index (χ4v) is 2.61. The Bertz CT molecular complexity index is 501. The number of hydrogen-bond acceptors (Lipinski definition) is 3. The third-order valence-corrected chi connectivity index (χ3v) is 3.74. The van der Waals surface area contributed by atoms with Crippen LogP contribution in [-0.4, -0.2) is 23.9 Å². The molecule has 0 fully saturated rings. The van der Waals surface area contributed by atoms with Crippen LogP contribution in [0.1, 0.15) is 11.1 Å². The Labute approximate surface area is 92.7 Å². The molecule has 0 radical (unpaired) electrons. The summed E-state index contributed by atoms with van der Waals surface area (Å²) in [6.45, 7) is 0.414. The van der Waals surface area contributed by atoms with E-state index in [1.807, 2.05) is 24.3 Å². The van der Waals surface area contributed by atoms with Gasteiger partial charge in [-0.25, -0.2) is 9.52 Å². The number of nitrogens with one attached hydrogen (secondary N) is 1. The van der Waals surface area contributed by atoms with Crippen molar-refractivity contribution in [1.29, 1.82) is 0 Å². The summed E-state index contributed by atoms with van der Waals surface area (Å²) in [6, 6.07) is 7.29. The molecular formula is C9H10N2O4S. The Morgan fingerprint density at radius 3 is 2.19 bits per heavy atom. The first-order valence-electron chi connectivity index (χ1n) is 4.56. The van der Waals surface area contributed by atoms with Gasteiger partial charge in [0.2, 0.25) is 0 Å². The van der Waals surface area contributed by atoms with E-state index in [2.05, 4.69) is 0 Å². The van der Waals surface area contributed by atoms with E-state index in [9.17, 15) is 13.2 Å². The predicted octanol–water partition coefficient (Wildman–Crippen LogP) is 0.515. The lowest BCUT2D eigenvalue weighted by Crippen LogP contribution is -2.40. The molecular weight excluding hydrogens is 232 g/mol. The summed E-state index contributed by atoms with van der Waals surface area (Å²) < 4.78 is 25.7. The minimum Gasteiger partial charge on any atom is -0.464 e. The second-order valence-electron chi connectivity index (χ2n) is 3.45. The summed E-state index contributed by atoms with van der Waals surface area (Å²) in [6.07, 6.45) is -1.57. The highest BCUT2D eigenvalue weighted by Gasteiger charge is 2.29. The maximum absolute atomic E-state index is 11.5. The van der Waals surface area contributed by atoms with Gasteiger partial charge in [-0.2, -0.15) is 12.7 Å². The van der Waals surface area contributed by atoms with Gasteiger partial charge in [-0.05, 0) is 11.1 Å². The highest BCUT2D eigenvalue weighted by molar-refractivity contribution is 7.87. The Morgan fingerprint density at radius 2 is 1.75 bits per heavy atom. The zero-order valence-electron chi connectivity index (χ0n) is 8.25. The van der Waals surface area contributed by atoms with Gasteiger partial charge in [0.1, 0.15) is 0 Å². The van der Waals surface area contributed by atoms with Crippen LogP contribution >= 0.6 is 0 Å². The average molecular weight is 242 g/mol. The molecule has 0 saturated heterocycles. The van der Waals surface area contributed by atoms with Crippen molar-refractivity contribution < 1.29 is 18.3 Å². The molecule has 2 rings (SSSR count). The summed E-state index contributed by atoms with van der Waals surface area (Å²) in [7, 11) is -3.94. The molecule has 0 spiro atoms. The van der Waals surface area contributed by atoms with Crippen LogP contribution in [0.2, 0.25) is 0 Å². The lowest BCUT2D eigenvalue weighted by atomic mass is 10.1. The Hall–Kier alpha value is -1.60. The summed E-state index contributed by atoms with van der Waals surface area (Å²) in [5.41, 5.74) is 1.80. The van der Waals surface area contributed by atoms with Crippen LogP contribution in [0, 0.1) is 0 Å². The fourth-order valence-electron chi connectivity index (χ4n) is 1.65. The van der Waals surface area contributed by atoms with Gasteiger partial charge in [0, 0.05) is 13.1 Å². The van der Waals surface area contributed by atoms with Gasteiger partial charge >= 0.3 is 16.3 Å². The van der Waals surface area contributed by atoms with E-state index in [0.717, 1.165) is 15.4 Å². The van der Waals surface area contributed by atoms with Crippen molar-refractivity contribution in [3.8, 4) is 0 Å². The standard InChI is InChI=1S/C9H10N2O4S/c12-9(13)10-16(14,15)11-5-7-3-1-2-4-8(7)6-11/h1-4,10H,5-6H2,(H,12,13). The van der Waals surface area contributed by atoms with Crippen LogP contribution in [0.3, 0.4) is 0 Å². The molecule has 2 N–H and O–H groups in total. The Morgan fingerprint density at radius 1 is 1.25 bits per heavy atom. The Kier molecular flexibility index (Phi) is 2.56. The third-order valence-electron chi connectivity index (χ3n) is 2.37. The maximum atomic E-state index is 11.5. The molecule has 1 aromatic carbocycles. The van der Waals surface area contributed by atoms with Crippen LogP contribution in [0.25, 0.3) is 0 Å². The van der Waals surface area contributed by atoms with Gasteiger partial charge in [0.15, 0.2) is 0 Å². The zero-order chi connectivity index (χ0) is 11.8. The fraction of sp³-hybridized carbons (Fsp3) is 0.222. The van der Waals surface area contributed by atoms with Crippen LogP contribution < -0.4 is 4.72 Å². The number of rotatable bonds is 2. The topological polar surface area (TPSA) is 86.7 Å². The highest BCUT2D eigenvalue weighted by Crippen LogP contribution is 2.23. The molecule has 16 heavy (non-hydrogen) atoms. The average Bonchev–Trinajstić information content (AvgIpc) is 2.59. The first-order valence-corrected chi connectivity index (χ1v) is 6.00. The van der Waals surface area contributed by atoms with E-state index in [4.69, 9.17) is 5.11 Å². The minimum absolute atomic E-state index is 0.207. The summed E-state index contributed by atoms with van der Waals surface area (Å²) in [4.78, 5) is 10.3. The largest absolute Gasteiger partial charge is 0.464 e. The molecule has 0 aromatic heterocycles. The number of carbonyl (C=O) groups is 1. The van der Waals surface area contributed by atoms with Gasteiger partial charge in [-0.1, -0.05) is 24.3 Å². The molecule has 86 valence electrons. The molecule has 0 aliphatic carbocycles. The molecule has 0 unspecified atom stereocenters. The van der Waals surface area contributed by atoms with Gasteiger partial charge < -0.3 is 5.11 Å². The number of fused-ring (bicyclic) bond motifs is 1. The molecule has 0 bridgehead atoms. The third kappa shape index (κ3) is 2.00. The van der Waals surface area contributed by atoms with Crippen molar-refractivity contribution in [2.24, 2.45) is 0 Å². The van der Waals surface area contributed by atoms with Crippen LogP contribution in [0.5, 0.6) is 0 Å². The van der Waals surface area contributed by atoms with E-state index in [-0.39, 0.29) is 13.1 Å². The smallest absolute Gasteiger partial charge is 0.419 e. The number of hydrogen-bond donors (Lipinski definition) is 2. The first kappa shape index (κ1) is 10.9. The zero-order valence-corrected chi connectivity index (χ0v) is 9.07. The van der Waals surface area contributed by atoms with Crippen molar-refractivity contribution in [2.45, 2.75) is 13.1 Å². The predicted molar refractivity (Wildman–Crippen MR) is 55.8 cm³/mol. The van der Waals surface area contributed by atoms with Crippen LogP contribution in [0.15, 0.2) is 24.3 Å². The molecule has 1 aliphatic rings. The second-order valence-corrected chi connectivity index (χ2v) is 5.12. The van der Waals surface area contributed by atoms with Gasteiger partial charge in [0.05, 0.1) is 0 Å². The molecule has 7 heteroatoms. The molecule has 1 aliphatic heterocycles. The van der Waals surface area contributed by atoms with Crippen molar-refractivity contribution in [3.05, 3.63) is 35.4 Å². The normalized spacial score (nSPS) is 15.8. The summed E-state index contributed by atoms with van der Waals surface area (Å²) in [5, 5.41) is 8.41. The molecule has 6 nitrogen and oxygen atoms in total. The second kappa shape index (κ2) is 3.76. The van der Waals surface area contributed by atoms with E-state index in [1.54, 1.807) is 0 Å². The number of carboxylic acid groups (broad SMARTS) is 1. The van der Waals surface area contributed by atoms with E-state index in [0.29, 0.717) is 0 Å². The monoisotopic (exact) mass is 242 g/mol. The van der Waals surface area contributed by atoms with Gasteiger partial charge in [0.25, 0.3) is 0 Å². The number of nitrogens with zero attached hydrogens (tertiary/aromatic N) is 1. The lowest BCUT2D eigenvalue weighted by Gasteiger charge is -2.14.